The normalized spacial score (nSPS) is 17.3. The molecule has 4 nitrogen and oxygen atoms in total. The average Bonchev–Trinajstić information content (AvgIpc) is 2.97. The van der Waals surface area contributed by atoms with Crippen molar-refractivity contribution in [3.63, 3.8) is 0 Å². The van der Waals surface area contributed by atoms with Gasteiger partial charge in [-0.3, -0.25) is 0 Å². The summed E-state index contributed by atoms with van der Waals surface area (Å²) >= 11 is 5.88. The molecule has 0 aromatic carbocycles. The Balaban J connectivity index is 2.17. The summed E-state index contributed by atoms with van der Waals surface area (Å²) in [6.07, 6.45) is 2.20. The Labute approximate surface area is 94.0 Å². The van der Waals surface area contributed by atoms with Gasteiger partial charge in [-0.25, -0.2) is 4.98 Å². The number of aryl methyl sites for hydroxylation is 1. The first kappa shape index (κ1) is 10.5. The van der Waals surface area contributed by atoms with Crippen LogP contribution in [0.25, 0.3) is 0 Å². The lowest BCUT2D eigenvalue weighted by Crippen LogP contribution is -2.23. The van der Waals surface area contributed by atoms with Crippen LogP contribution in [0.5, 0.6) is 5.88 Å². The standard InChI is InChI=1S/C10H14ClN3O/c1-7-12-8(5-9(13-7)15-2)14-10(6-11)3-4-10/h5H,3-4,6H2,1-2H3,(H,12,13,14). The molecule has 1 aromatic heterocycles. The Morgan fingerprint density at radius 3 is 2.80 bits per heavy atom. The van der Waals surface area contributed by atoms with E-state index in [9.17, 15) is 0 Å². The highest BCUT2D eigenvalue weighted by molar-refractivity contribution is 6.19. The van der Waals surface area contributed by atoms with E-state index in [4.69, 9.17) is 16.3 Å². The molecule has 1 aliphatic carbocycles. The zero-order chi connectivity index (χ0) is 10.9. The molecule has 1 aliphatic rings. The van der Waals surface area contributed by atoms with Gasteiger partial charge in [-0.15, -0.1) is 11.6 Å². The predicted molar refractivity (Wildman–Crippen MR) is 59.6 cm³/mol. The molecule has 0 radical (unpaired) electrons. The number of nitrogens with zero attached hydrogens (tertiary/aromatic N) is 2. The molecule has 1 fully saturated rings. The minimum absolute atomic E-state index is 0.0490. The highest BCUT2D eigenvalue weighted by Gasteiger charge is 2.42. The van der Waals surface area contributed by atoms with Crippen LogP contribution in [0.4, 0.5) is 5.82 Å². The van der Waals surface area contributed by atoms with E-state index in [2.05, 4.69) is 15.3 Å². The Morgan fingerprint density at radius 2 is 2.27 bits per heavy atom. The smallest absolute Gasteiger partial charge is 0.218 e. The first-order chi connectivity index (χ1) is 7.17. The maximum absolute atomic E-state index is 5.88. The number of rotatable bonds is 4. The maximum Gasteiger partial charge on any atom is 0.218 e. The molecular weight excluding hydrogens is 214 g/mol. The number of nitrogens with one attached hydrogen (secondary N) is 1. The van der Waals surface area contributed by atoms with Crippen LogP contribution in [0.15, 0.2) is 6.07 Å². The fourth-order valence-electron chi connectivity index (χ4n) is 1.42. The summed E-state index contributed by atoms with van der Waals surface area (Å²) in [5.41, 5.74) is 0.0490. The van der Waals surface area contributed by atoms with Gasteiger partial charge in [-0.2, -0.15) is 4.98 Å². The van der Waals surface area contributed by atoms with Crippen molar-refractivity contribution in [2.24, 2.45) is 0 Å². The molecule has 0 spiro atoms. The summed E-state index contributed by atoms with van der Waals surface area (Å²) in [6.45, 7) is 1.84. The average molecular weight is 228 g/mol. The van der Waals surface area contributed by atoms with E-state index in [0.717, 1.165) is 18.7 Å². The molecule has 1 saturated carbocycles. The number of halogens is 1. The second-order valence-corrected chi connectivity index (χ2v) is 4.15. The fourth-order valence-corrected chi connectivity index (χ4v) is 1.76. The maximum atomic E-state index is 5.88. The molecule has 0 saturated heterocycles. The molecule has 15 heavy (non-hydrogen) atoms. The molecule has 0 amide bonds. The quantitative estimate of drug-likeness (QED) is 0.799. The van der Waals surface area contributed by atoms with E-state index >= 15 is 0 Å². The number of hydrogen-bond acceptors (Lipinski definition) is 4. The van der Waals surface area contributed by atoms with Crippen LogP contribution in [0.2, 0.25) is 0 Å². The number of methoxy groups -OCH3 is 1. The van der Waals surface area contributed by atoms with Crippen molar-refractivity contribution in [1.29, 1.82) is 0 Å². The molecule has 82 valence electrons. The highest BCUT2D eigenvalue weighted by Crippen LogP contribution is 2.39. The monoisotopic (exact) mass is 227 g/mol. The van der Waals surface area contributed by atoms with Crippen molar-refractivity contribution in [3.8, 4) is 5.88 Å². The number of ether oxygens (including phenoxy) is 1. The minimum atomic E-state index is 0.0490. The second-order valence-electron chi connectivity index (χ2n) is 3.88. The van der Waals surface area contributed by atoms with Gasteiger partial charge in [0, 0.05) is 11.9 Å². The Hall–Kier alpha value is -1.03. The summed E-state index contributed by atoms with van der Waals surface area (Å²) in [4.78, 5) is 8.42. The number of aromatic nitrogens is 2. The van der Waals surface area contributed by atoms with E-state index in [0.29, 0.717) is 17.6 Å². The van der Waals surface area contributed by atoms with Crippen LogP contribution in [-0.2, 0) is 0 Å². The van der Waals surface area contributed by atoms with E-state index in [1.54, 1.807) is 13.2 Å². The van der Waals surface area contributed by atoms with Crippen LogP contribution >= 0.6 is 11.6 Å². The fraction of sp³-hybridized carbons (Fsp3) is 0.600. The van der Waals surface area contributed by atoms with E-state index < -0.39 is 0 Å². The van der Waals surface area contributed by atoms with Crippen molar-refractivity contribution in [2.45, 2.75) is 25.3 Å². The van der Waals surface area contributed by atoms with Crippen molar-refractivity contribution < 1.29 is 4.74 Å². The third kappa shape index (κ3) is 2.31. The molecule has 0 atom stereocenters. The SMILES string of the molecule is COc1cc(NC2(CCl)CC2)nc(C)n1. The van der Waals surface area contributed by atoms with Crippen molar-refractivity contribution in [2.75, 3.05) is 18.3 Å². The van der Waals surface area contributed by atoms with E-state index in [1.165, 1.54) is 0 Å². The predicted octanol–water partition coefficient (Wildman–Crippen LogP) is 1.98. The van der Waals surface area contributed by atoms with Gasteiger partial charge in [0.2, 0.25) is 5.88 Å². The zero-order valence-corrected chi connectivity index (χ0v) is 9.64. The number of alkyl halides is 1. The van der Waals surface area contributed by atoms with Crippen molar-refractivity contribution >= 4 is 17.4 Å². The molecule has 0 unspecified atom stereocenters. The number of anilines is 1. The third-order valence-electron chi connectivity index (χ3n) is 2.53. The molecular formula is C10H14ClN3O. The Kier molecular flexibility index (Phi) is 2.69. The first-order valence-corrected chi connectivity index (χ1v) is 5.45. The summed E-state index contributed by atoms with van der Waals surface area (Å²) in [5, 5.41) is 3.33. The van der Waals surface area contributed by atoms with Gasteiger partial charge in [0.25, 0.3) is 0 Å². The highest BCUT2D eigenvalue weighted by atomic mass is 35.5. The van der Waals surface area contributed by atoms with Gasteiger partial charge in [-0.1, -0.05) is 0 Å². The lowest BCUT2D eigenvalue weighted by molar-refractivity contribution is 0.396. The van der Waals surface area contributed by atoms with Crippen LogP contribution in [0, 0.1) is 6.92 Å². The van der Waals surface area contributed by atoms with Gasteiger partial charge >= 0.3 is 0 Å². The molecule has 1 N–H and O–H groups in total. The largest absolute Gasteiger partial charge is 0.481 e. The number of hydrogen-bond donors (Lipinski definition) is 1. The topological polar surface area (TPSA) is 47.0 Å². The Morgan fingerprint density at radius 1 is 1.53 bits per heavy atom. The lowest BCUT2D eigenvalue weighted by Gasteiger charge is -2.15. The summed E-state index contributed by atoms with van der Waals surface area (Å²) in [7, 11) is 1.60. The third-order valence-corrected chi connectivity index (χ3v) is 3.04. The summed E-state index contributed by atoms with van der Waals surface area (Å²) < 4.78 is 5.08. The van der Waals surface area contributed by atoms with Crippen molar-refractivity contribution in [3.05, 3.63) is 11.9 Å². The Bertz CT molecular complexity index is 366. The lowest BCUT2D eigenvalue weighted by atomic mass is 10.3. The van der Waals surface area contributed by atoms with Gasteiger partial charge in [-0.05, 0) is 19.8 Å². The molecule has 2 rings (SSSR count). The zero-order valence-electron chi connectivity index (χ0n) is 8.88. The summed E-state index contributed by atoms with van der Waals surface area (Å²) in [5.74, 6) is 2.67. The van der Waals surface area contributed by atoms with Crippen LogP contribution in [0.3, 0.4) is 0 Å². The summed E-state index contributed by atoms with van der Waals surface area (Å²) in [6, 6.07) is 1.79. The molecule has 0 aliphatic heterocycles. The molecule has 1 aromatic rings. The first-order valence-electron chi connectivity index (χ1n) is 4.91. The van der Waals surface area contributed by atoms with Gasteiger partial charge in [0.05, 0.1) is 12.6 Å². The molecule has 1 heterocycles. The minimum Gasteiger partial charge on any atom is -0.481 e. The van der Waals surface area contributed by atoms with Crippen LogP contribution in [-0.4, -0.2) is 28.5 Å². The van der Waals surface area contributed by atoms with Gasteiger partial charge in [0.15, 0.2) is 0 Å². The molecule has 5 heteroatoms. The van der Waals surface area contributed by atoms with Crippen LogP contribution < -0.4 is 10.1 Å². The van der Waals surface area contributed by atoms with Gasteiger partial charge in [0.1, 0.15) is 11.6 Å². The van der Waals surface area contributed by atoms with Gasteiger partial charge < -0.3 is 10.1 Å². The second kappa shape index (κ2) is 3.85. The van der Waals surface area contributed by atoms with Crippen molar-refractivity contribution in [1.82, 2.24) is 9.97 Å². The van der Waals surface area contributed by atoms with Crippen LogP contribution in [0.1, 0.15) is 18.7 Å². The molecule has 0 bridgehead atoms. The van der Waals surface area contributed by atoms with E-state index in [-0.39, 0.29) is 5.54 Å². The van der Waals surface area contributed by atoms with E-state index in [1.807, 2.05) is 6.92 Å².